The molecule has 4 aliphatic rings. The Hall–Kier alpha value is -0.0800. The van der Waals surface area contributed by atoms with Crippen molar-refractivity contribution >= 4 is 0 Å². The van der Waals surface area contributed by atoms with Gasteiger partial charge in [0.1, 0.15) is 0 Å². The Balaban J connectivity index is 1.36. The first-order valence-corrected chi connectivity index (χ1v) is 8.75. The third-order valence-electron chi connectivity index (χ3n) is 5.80. The zero-order chi connectivity index (χ0) is 13.1. The van der Waals surface area contributed by atoms with Crippen molar-refractivity contribution in [2.24, 2.45) is 17.8 Å². The van der Waals surface area contributed by atoms with E-state index in [1.165, 1.54) is 51.6 Å². The van der Waals surface area contributed by atoms with Crippen LogP contribution in [0.4, 0.5) is 0 Å². The van der Waals surface area contributed by atoms with Crippen LogP contribution in [-0.2, 0) is 0 Å². The van der Waals surface area contributed by atoms with E-state index < -0.39 is 0 Å². The van der Waals surface area contributed by atoms with E-state index in [9.17, 15) is 0 Å². The minimum atomic E-state index is 0.555. The van der Waals surface area contributed by atoms with Crippen LogP contribution in [0.2, 0.25) is 0 Å². The summed E-state index contributed by atoms with van der Waals surface area (Å²) in [6, 6.07) is 0. The molecule has 0 amide bonds. The lowest BCUT2D eigenvalue weighted by Gasteiger charge is -2.57. The van der Waals surface area contributed by atoms with Gasteiger partial charge in [-0.05, 0) is 69.2 Å². The van der Waals surface area contributed by atoms with E-state index in [1.807, 2.05) is 0 Å². The molecule has 4 rings (SSSR count). The maximum absolute atomic E-state index is 3.96. The lowest BCUT2D eigenvalue weighted by Crippen LogP contribution is -2.59. The van der Waals surface area contributed by atoms with E-state index in [2.05, 4.69) is 17.6 Å². The third kappa shape index (κ3) is 3.33. The van der Waals surface area contributed by atoms with Gasteiger partial charge in [0, 0.05) is 18.6 Å². The van der Waals surface area contributed by atoms with Crippen molar-refractivity contribution in [3.63, 3.8) is 0 Å². The summed E-state index contributed by atoms with van der Waals surface area (Å²) < 4.78 is 0. The molecule has 0 radical (unpaired) electrons. The Kier molecular flexibility index (Phi) is 4.48. The highest BCUT2D eigenvalue weighted by Gasteiger charge is 2.50. The largest absolute Gasteiger partial charge is 0.315 e. The van der Waals surface area contributed by atoms with Crippen molar-refractivity contribution in [1.82, 2.24) is 10.6 Å². The van der Waals surface area contributed by atoms with Gasteiger partial charge in [-0.1, -0.05) is 19.8 Å². The molecule has 110 valence electrons. The second-order valence-electron chi connectivity index (χ2n) is 7.58. The minimum absolute atomic E-state index is 0.555. The molecule has 0 unspecified atom stereocenters. The van der Waals surface area contributed by atoms with E-state index in [-0.39, 0.29) is 0 Å². The van der Waals surface area contributed by atoms with Crippen molar-refractivity contribution in [2.45, 2.75) is 70.3 Å². The molecule has 2 heteroatoms. The molecule has 4 saturated carbocycles. The first-order chi connectivity index (χ1) is 9.30. The number of hydrogen-bond acceptors (Lipinski definition) is 2. The molecule has 0 aliphatic heterocycles. The van der Waals surface area contributed by atoms with Crippen LogP contribution in [0.25, 0.3) is 0 Å². The fourth-order valence-electron chi connectivity index (χ4n) is 5.37. The Morgan fingerprint density at radius 2 is 1.47 bits per heavy atom. The summed E-state index contributed by atoms with van der Waals surface area (Å²) >= 11 is 0. The van der Waals surface area contributed by atoms with Crippen LogP contribution < -0.4 is 10.6 Å². The highest BCUT2D eigenvalue weighted by molar-refractivity contribution is 5.06. The molecule has 0 saturated heterocycles. The standard InChI is InChI=1S/C17H32N2/c1-2-3-4-5-18-6-7-19-17-11-14-8-15(12-17)10-16(9-14)13-17/h14-16,18-19H,2-13H2,1H3. The zero-order valence-electron chi connectivity index (χ0n) is 12.7. The van der Waals surface area contributed by atoms with E-state index in [1.54, 1.807) is 19.3 Å². The van der Waals surface area contributed by atoms with Crippen LogP contribution >= 0.6 is 0 Å². The number of unbranched alkanes of at least 4 members (excludes halogenated alkanes) is 2. The van der Waals surface area contributed by atoms with Gasteiger partial charge in [-0.25, -0.2) is 0 Å². The normalized spacial score (nSPS) is 39.9. The molecule has 0 aromatic heterocycles. The van der Waals surface area contributed by atoms with E-state index in [0.29, 0.717) is 5.54 Å². The predicted octanol–water partition coefficient (Wildman–Crippen LogP) is 3.32. The third-order valence-corrected chi connectivity index (χ3v) is 5.80. The molecule has 4 aliphatic carbocycles. The van der Waals surface area contributed by atoms with E-state index >= 15 is 0 Å². The molecule has 0 aromatic rings. The molecule has 0 atom stereocenters. The van der Waals surface area contributed by atoms with Crippen molar-refractivity contribution in [3.05, 3.63) is 0 Å². The molecule has 2 N–H and O–H groups in total. The summed E-state index contributed by atoms with van der Waals surface area (Å²) in [5.41, 5.74) is 0.555. The Morgan fingerprint density at radius 1 is 0.842 bits per heavy atom. The smallest absolute Gasteiger partial charge is 0.0190 e. The van der Waals surface area contributed by atoms with Crippen molar-refractivity contribution in [3.8, 4) is 0 Å². The number of nitrogens with one attached hydrogen (secondary N) is 2. The quantitative estimate of drug-likeness (QED) is 0.657. The summed E-state index contributed by atoms with van der Waals surface area (Å²) in [7, 11) is 0. The molecule has 0 heterocycles. The fourth-order valence-corrected chi connectivity index (χ4v) is 5.37. The van der Waals surface area contributed by atoms with Gasteiger partial charge >= 0.3 is 0 Å². The van der Waals surface area contributed by atoms with Gasteiger partial charge in [0.25, 0.3) is 0 Å². The SMILES string of the molecule is CCCCCNCCNC12CC3CC(CC(C3)C1)C2. The maximum Gasteiger partial charge on any atom is 0.0190 e. The van der Waals surface area contributed by atoms with E-state index in [4.69, 9.17) is 0 Å². The van der Waals surface area contributed by atoms with Crippen molar-refractivity contribution in [2.75, 3.05) is 19.6 Å². The minimum Gasteiger partial charge on any atom is -0.315 e. The average molecular weight is 264 g/mol. The van der Waals surface area contributed by atoms with Gasteiger partial charge in [0.2, 0.25) is 0 Å². The predicted molar refractivity (Wildman–Crippen MR) is 81.3 cm³/mol. The lowest BCUT2D eigenvalue weighted by atomic mass is 9.53. The first kappa shape index (κ1) is 13.9. The summed E-state index contributed by atoms with van der Waals surface area (Å²) in [6.45, 7) is 5.81. The van der Waals surface area contributed by atoms with Crippen LogP contribution in [-0.4, -0.2) is 25.2 Å². The molecule has 0 spiro atoms. The fraction of sp³-hybridized carbons (Fsp3) is 1.00. The van der Waals surface area contributed by atoms with Gasteiger partial charge in [-0.3, -0.25) is 0 Å². The average Bonchev–Trinajstić information content (AvgIpc) is 2.36. The van der Waals surface area contributed by atoms with Crippen LogP contribution in [0, 0.1) is 17.8 Å². The van der Waals surface area contributed by atoms with Crippen LogP contribution in [0.15, 0.2) is 0 Å². The molecular weight excluding hydrogens is 232 g/mol. The Morgan fingerprint density at radius 3 is 2.05 bits per heavy atom. The number of hydrogen-bond donors (Lipinski definition) is 2. The zero-order valence-corrected chi connectivity index (χ0v) is 12.7. The number of rotatable bonds is 8. The lowest BCUT2D eigenvalue weighted by molar-refractivity contribution is -0.0192. The topological polar surface area (TPSA) is 24.1 Å². The van der Waals surface area contributed by atoms with Gasteiger partial charge in [-0.2, -0.15) is 0 Å². The molecule has 0 aromatic carbocycles. The summed E-state index contributed by atoms with van der Waals surface area (Å²) in [6.07, 6.45) is 13.1. The van der Waals surface area contributed by atoms with Gasteiger partial charge in [0.15, 0.2) is 0 Å². The second-order valence-corrected chi connectivity index (χ2v) is 7.58. The summed E-state index contributed by atoms with van der Waals surface area (Å²) in [5.74, 6) is 3.20. The van der Waals surface area contributed by atoms with Crippen LogP contribution in [0.3, 0.4) is 0 Å². The van der Waals surface area contributed by atoms with Crippen molar-refractivity contribution < 1.29 is 0 Å². The summed E-state index contributed by atoms with van der Waals surface area (Å²) in [4.78, 5) is 0. The maximum atomic E-state index is 3.96. The molecule has 4 fully saturated rings. The van der Waals surface area contributed by atoms with Gasteiger partial charge in [-0.15, -0.1) is 0 Å². The van der Waals surface area contributed by atoms with Crippen molar-refractivity contribution in [1.29, 1.82) is 0 Å². The van der Waals surface area contributed by atoms with Gasteiger partial charge < -0.3 is 10.6 Å². The molecule has 2 nitrogen and oxygen atoms in total. The monoisotopic (exact) mass is 264 g/mol. The first-order valence-electron chi connectivity index (χ1n) is 8.75. The Bertz CT molecular complexity index is 252. The van der Waals surface area contributed by atoms with Crippen LogP contribution in [0.1, 0.15) is 64.7 Å². The highest BCUT2D eigenvalue weighted by atomic mass is 15.0. The Labute approximate surface area is 119 Å². The second kappa shape index (κ2) is 6.13. The molecule has 4 bridgehead atoms. The van der Waals surface area contributed by atoms with E-state index in [0.717, 1.165) is 24.3 Å². The van der Waals surface area contributed by atoms with Gasteiger partial charge in [0.05, 0.1) is 0 Å². The molecular formula is C17H32N2. The van der Waals surface area contributed by atoms with Crippen LogP contribution in [0.5, 0.6) is 0 Å². The highest BCUT2D eigenvalue weighted by Crippen LogP contribution is 2.55. The molecule has 19 heavy (non-hydrogen) atoms. The summed E-state index contributed by atoms with van der Waals surface area (Å²) in [5, 5.41) is 7.55.